The number of fused-ring (bicyclic) bond motifs is 1. The highest BCUT2D eigenvalue weighted by Gasteiger charge is 2.26. The maximum absolute atomic E-state index is 14.7. The number of methoxy groups -OCH3 is 2. The molecule has 0 fully saturated rings. The van der Waals surface area contributed by atoms with Gasteiger partial charge in [0.25, 0.3) is 11.7 Å². The molecular formula is C24H16F3N3O5. The van der Waals surface area contributed by atoms with Gasteiger partial charge < -0.3 is 19.5 Å². The van der Waals surface area contributed by atoms with E-state index in [1.54, 1.807) is 6.07 Å². The molecule has 0 aliphatic carbocycles. The van der Waals surface area contributed by atoms with E-state index < -0.39 is 34.7 Å². The first-order valence-corrected chi connectivity index (χ1v) is 9.95. The number of aromatic nitrogens is 2. The number of carbonyl (C=O) groups is 2. The van der Waals surface area contributed by atoms with Crippen LogP contribution in [0.2, 0.25) is 0 Å². The lowest BCUT2D eigenvalue weighted by Gasteiger charge is -2.12. The zero-order valence-electron chi connectivity index (χ0n) is 18.3. The van der Waals surface area contributed by atoms with E-state index in [1.807, 2.05) is 0 Å². The van der Waals surface area contributed by atoms with E-state index in [4.69, 9.17) is 14.2 Å². The van der Waals surface area contributed by atoms with E-state index >= 15 is 0 Å². The number of ketones is 1. The van der Waals surface area contributed by atoms with E-state index in [1.165, 1.54) is 38.7 Å². The Morgan fingerprint density at radius 3 is 2.11 bits per heavy atom. The van der Waals surface area contributed by atoms with Gasteiger partial charge in [0.05, 0.1) is 30.7 Å². The summed E-state index contributed by atoms with van der Waals surface area (Å²) in [5, 5.41) is 2.52. The van der Waals surface area contributed by atoms with Crippen LogP contribution in [-0.4, -0.2) is 35.9 Å². The van der Waals surface area contributed by atoms with Gasteiger partial charge in [-0.15, -0.1) is 0 Å². The largest absolute Gasteiger partial charge is 0.493 e. The van der Waals surface area contributed by atoms with E-state index in [9.17, 15) is 22.8 Å². The number of nitrogens with zero attached hydrogens (tertiary/aromatic N) is 2. The van der Waals surface area contributed by atoms with Gasteiger partial charge in [-0.1, -0.05) is 0 Å². The average Bonchev–Trinajstić information content (AvgIpc) is 2.84. The summed E-state index contributed by atoms with van der Waals surface area (Å²) in [6, 6.07) is 9.10. The first kappa shape index (κ1) is 23.5. The van der Waals surface area contributed by atoms with Crippen LogP contribution < -0.4 is 19.5 Å². The van der Waals surface area contributed by atoms with E-state index in [-0.39, 0.29) is 17.3 Å². The molecule has 1 heterocycles. The van der Waals surface area contributed by atoms with Gasteiger partial charge in [-0.3, -0.25) is 9.59 Å². The van der Waals surface area contributed by atoms with E-state index in [0.717, 1.165) is 24.3 Å². The van der Waals surface area contributed by atoms with Gasteiger partial charge in [-0.2, -0.15) is 0 Å². The van der Waals surface area contributed by atoms with Crippen LogP contribution in [0.25, 0.3) is 10.9 Å². The number of benzene rings is 3. The number of carbonyl (C=O) groups excluding carboxylic acids is 2. The fraction of sp³-hybridized carbons (Fsp3) is 0.0833. The predicted molar refractivity (Wildman–Crippen MR) is 118 cm³/mol. The number of hydrogen-bond donors (Lipinski definition) is 1. The van der Waals surface area contributed by atoms with Gasteiger partial charge in [-0.05, 0) is 30.3 Å². The molecule has 0 saturated heterocycles. The zero-order chi connectivity index (χ0) is 25.1. The topological polar surface area (TPSA) is 99.6 Å². The molecule has 0 saturated carbocycles. The third kappa shape index (κ3) is 4.83. The number of rotatable bonds is 7. The Bertz CT molecular complexity index is 1420. The maximum Gasteiger partial charge on any atom is 0.296 e. The quantitative estimate of drug-likeness (QED) is 0.301. The molecule has 4 aromatic rings. The average molecular weight is 483 g/mol. The van der Waals surface area contributed by atoms with Crippen molar-refractivity contribution >= 4 is 28.3 Å². The summed E-state index contributed by atoms with van der Waals surface area (Å²) in [4.78, 5) is 32.7. The molecule has 1 amide bonds. The molecule has 4 rings (SSSR count). The molecule has 0 aliphatic heterocycles. The molecular weight excluding hydrogens is 467 g/mol. The van der Waals surface area contributed by atoms with Gasteiger partial charge in [0.2, 0.25) is 5.88 Å². The van der Waals surface area contributed by atoms with Crippen molar-refractivity contribution in [1.82, 2.24) is 9.97 Å². The second kappa shape index (κ2) is 9.67. The summed E-state index contributed by atoms with van der Waals surface area (Å²) in [5.74, 6) is -5.56. The smallest absolute Gasteiger partial charge is 0.296 e. The summed E-state index contributed by atoms with van der Waals surface area (Å²) in [5.41, 5.74) is -0.581. The molecule has 0 bridgehead atoms. The minimum Gasteiger partial charge on any atom is -0.493 e. The Hall–Kier alpha value is -4.67. The Balaban J connectivity index is 1.61. The monoisotopic (exact) mass is 483 g/mol. The molecule has 0 aliphatic rings. The summed E-state index contributed by atoms with van der Waals surface area (Å²) < 4.78 is 58.4. The van der Waals surface area contributed by atoms with Crippen LogP contribution in [0.15, 0.2) is 54.9 Å². The minimum absolute atomic E-state index is 0.0390. The molecule has 11 heteroatoms. The number of nitrogens with one attached hydrogen (secondary N) is 1. The summed E-state index contributed by atoms with van der Waals surface area (Å²) in [6.45, 7) is 0. The van der Waals surface area contributed by atoms with Crippen LogP contribution in [0.4, 0.5) is 18.9 Å². The molecule has 3 aromatic carbocycles. The zero-order valence-corrected chi connectivity index (χ0v) is 18.3. The van der Waals surface area contributed by atoms with Gasteiger partial charge in [-0.25, -0.2) is 23.1 Å². The lowest BCUT2D eigenvalue weighted by atomic mass is 10.1. The number of Topliss-reactive ketones (excluding diaryl/α,β-unsaturated/α-hetero) is 1. The second-order valence-electron chi connectivity index (χ2n) is 7.06. The maximum atomic E-state index is 14.7. The molecule has 0 spiro atoms. The van der Waals surface area contributed by atoms with Crippen molar-refractivity contribution in [3.8, 4) is 23.1 Å². The number of amides is 1. The standard InChI is InChI=1S/C24H16F3N3O5/c1-33-19-9-15-18(10-20(19)34-2)28-11-29-24(15)35-14-7-16(26)21(17(27)8-14)22(31)23(32)30-13-5-3-12(25)4-6-13/h3-11H,1-2H3,(H,30,32). The van der Waals surface area contributed by atoms with Crippen molar-refractivity contribution in [2.24, 2.45) is 0 Å². The van der Waals surface area contributed by atoms with Crippen LogP contribution in [0.3, 0.4) is 0 Å². The number of ether oxygens (including phenoxy) is 3. The van der Waals surface area contributed by atoms with Gasteiger partial charge in [0, 0.05) is 23.9 Å². The highest BCUT2D eigenvalue weighted by atomic mass is 19.1. The van der Waals surface area contributed by atoms with Gasteiger partial charge >= 0.3 is 0 Å². The molecule has 35 heavy (non-hydrogen) atoms. The van der Waals surface area contributed by atoms with Crippen LogP contribution in [0.5, 0.6) is 23.1 Å². The Morgan fingerprint density at radius 2 is 1.49 bits per heavy atom. The SMILES string of the molecule is COc1cc2ncnc(Oc3cc(F)c(C(=O)C(=O)Nc4ccc(F)cc4)c(F)c3)c2cc1OC. The Morgan fingerprint density at radius 1 is 0.857 bits per heavy atom. The summed E-state index contributed by atoms with van der Waals surface area (Å²) in [6.07, 6.45) is 1.19. The highest BCUT2D eigenvalue weighted by Crippen LogP contribution is 2.36. The number of halogens is 3. The van der Waals surface area contributed by atoms with Crippen LogP contribution in [0, 0.1) is 17.5 Å². The van der Waals surface area contributed by atoms with Crippen molar-refractivity contribution in [3.05, 3.63) is 77.9 Å². The third-order valence-corrected chi connectivity index (χ3v) is 4.87. The van der Waals surface area contributed by atoms with Gasteiger partial charge in [0.15, 0.2) is 11.5 Å². The Kier molecular flexibility index (Phi) is 6.49. The van der Waals surface area contributed by atoms with Gasteiger partial charge in [0.1, 0.15) is 29.5 Å². The number of anilines is 1. The van der Waals surface area contributed by atoms with Crippen LogP contribution >= 0.6 is 0 Å². The second-order valence-corrected chi connectivity index (χ2v) is 7.06. The van der Waals surface area contributed by atoms with Crippen molar-refractivity contribution in [2.45, 2.75) is 0 Å². The summed E-state index contributed by atoms with van der Waals surface area (Å²) in [7, 11) is 2.89. The van der Waals surface area contributed by atoms with Crippen molar-refractivity contribution < 1.29 is 37.0 Å². The Labute approximate surface area is 196 Å². The normalized spacial score (nSPS) is 10.7. The molecule has 1 N–H and O–H groups in total. The first-order valence-electron chi connectivity index (χ1n) is 9.95. The molecule has 178 valence electrons. The fourth-order valence-electron chi connectivity index (χ4n) is 3.21. The van der Waals surface area contributed by atoms with Crippen LogP contribution in [-0.2, 0) is 4.79 Å². The van der Waals surface area contributed by atoms with E-state index in [2.05, 4.69) is 15.3 Å². The molecule has 8 nitrogen and oxygen atoms in total. The molecule has 0 radical (unpaired) electrons. The van der Waals surface area contributed by atoms with Crippen molar-refractivity contribution in [2.75, 3.05) is 19.5 Å². The first-order chi connectivity index (χ1) is 16.8. The fourth-order valence-corrected chi connectivity index (χ4v) is 3.21. The summed E-state index contributed by atoms with van der Waals surface area (Å²) >= 11 is 0. The van der Waals surface area contributed by atoms with Crippen molar-refractivity contribution in [1.29, 1.82) is 0 Å². The van der Waals surface area contributed by atoms with Crippen LogP contribution in [0.1, 0.15) is 10.4 Å². The molecule has 1 aromatic heterocycles. The lowest BCUT2D eigenvalue weighted by Crippen LogP contribution is -2.25. The highest BCUT2D eigenvalue weighted by molar-refractivity contribution is 6.46. The third-order valence-electron chi connectivity index (χ3n) is 4.87. The molecule has 0 atom stereocenters. The van der Waals surface area contributed by atoms with E-state index in [0.29, 0.717) is 22.4 Å². The minimum atomic E-state index is -1.46. The lowest BCUT2D eigenvalue weighted by molar-refractivity contribution is -0.112. The number of hydrogen-bond acceptors (Lipinski definition) is 7. The van der Waals surface area contributed by atoms with Crippen molar-refractivity contribution in [3.63, 3.8) is 0 Å². The predicted octanol–water partition coefficient (Wildman–Crippen LogP) is 4.68. The molecule has 0 unspecified atom stereocenters.